The Labute approximate surface area is 111 Å². The normalized spacial score (nSPS) is 9.50. The first kappa shape index (κ1) is 10.8. The van der Waals surface area contributed by atoms with Crippen LogP contribution in [0, 0.1) is 22.0 Å². The lowest BCUT2D eigenvalue weighted by Crippen LogP contribution is -1.98. The van der Waals surface area contributed by atoms with Crippen LogP contribution in [0.3, 0.4) is 0 Å². The SMILES string of the molecule is N#Cc1c(I)cc(I)c(N)c1I. The Balaban J connectivity index is 3.54. The van der Waals surface area contributed by atoms with E-state index in [4.69, 9.17) is 11.0 Å². The van der Waals surface area contributed by atoms with Crippen LogP contribution < -0.4 is 5.73 Å². The number of benzene rings is 1. The van der Waals surface area contributed by atoms with Gasteiger partial charge < -0.3 is 5.73 Å². The fourth-order valence-electron chi connectivity index (χ4n) is 0.708. The summed E-state index contributed by atoms with van der Waals surface area (Å²) in [4.78, 5) is 0. The maximum atomic E-state index is 8.80. The maximum Gasteiger partial charge on any atom is 0.101 e. The summed E-state index contributed by atoms with van der Waals surface area (Å²) in [5.41, 5.74) is 7.13. The summed E-state index contributed by atoms with van der Waals surface area (Å²) in [7, 11) is 0. The fourth-order valence-corrected chi connectivity index (χ4v) is 4.32. The highest BCUT2D eigenvalue weighted by molar-refractivity contribution is 14.1. The second-order valence-corrected chi connectivity index (χ2v) is 5.46. The number of halogens is 3. The third-order valence-corrected chi connectivity index (χ3v) is 4.18. The molecule has 0 aliphatic rings. The summed E-state index contributed by atoms with van der Waals surface area (Å²) >= 11 is 6.40. The minimum Gasteiger partial charge on any atom is -0.397 e. The molecule has 0 atom stereocenters. The molecule has 1 rings (SSSR count). The molecule has 2 nitrogen and oxygen atoms in total. The maximum absolute atomic E-state index is 8.80. The summed E-state index contributed by atoms with van der Waals surface area (Å²) in [5, 5.41) is 8.80. The molecule has 0 radical (unpaired) electrons. The first-order chi connectivity index (χ1) is 5.57. The lowest BCUT2D eigenvalue weighted by molar-refractivity contribution is 1.43. The van der Waals surface area contributed by atoms with Gasteiger partial charge in [-0.3, -0.25) is 0 Å². The van der Waals surface area contributed by atoms with Gasteiger partial charge in [-0.25, -0.2) is 0 Å². The number of hydrogen-bond acceptors (Lipinski definition) is 2. The van der Waals surface area contributed by atoms with Gasteiger partial charge in [0.15, 0.2) is 0 Å². The van der Waals surface area contributed by atoms with Crippen LogP contribution in [0.5, 0.6) is 0 Å². The molecule has 0 heterocycles. The summed E-state index contributed by atoms with van der Waals surface area (Å²) < 4.78 is 2.81. The van der Waals surface area contributed by atoms with Crippen molar-refractivity contribution in [2.75, 3.05) is 5.73 Å². The van der Waals surface area contributed by atoms with E-state index in [0.29, 0.717) is 11.3 Å². The Hall–Kier alpha value is 0.700. The van der Waals surface area contributed by atoms with Crippen LogP contribution in [-0.2, 0) is 0 Å². The number of nitrogens with two attached hydrogens (primary N) is 1. The van der Waals surface area contributed by atoms with Crippen molar-refractivity contribution < 1.29 is 0 Å². The Bertz CT molecular complexity index is 368. The van der Waals surface area contributed by atoms with Crippen LogP contribution in [0.15, 0.2) is 6.07 Å². The smallest absolute Gasteiger partial charge is 0.101 e. The third-order valence-electron chi connectivity index (χ3n) is 1.32. The molecule has 12 heavy (non-hydrogen) atoms. The van der Waals surface area contributed by atoms with Crippen molar-refractivity contribution in [2.24, 2.45) is 0 Å². The minimum absolute atomic E-state index is 0.675. The second kappa shape index (κ2) is 4.28. The van der Waals surface area contributed by atoms with Gasteiger partial charge in [-0.1, -0.05) is 0 Å². The molecule has 0 bridgehead atoms. The van der Waals surface area contributed by atoms with E-state index in [1.807, 2.05) is 6.07 Å². The van der Waals surface area contributed by atoms with E-state index < -0.39 is 0 Å². The molecule has 0 aliphatic heterocycles. The first-order valence-electron chi connectivity index (χ1n) is 2.91. The van der Waals surface area contributed by atoms with Crippen LogP contribution in [0.1, 0.15) is 5.56 Å². The Morgan fingerprint density at radius 2 is 1.83 bits per heavy atom. The first-order valence-corrected chi connectivity index (χ1v) is 6.14. The van der Waals surface area contributed by atoms with Crippen molar-refractivity contribution in [1.29, 1.82) is 5.26 Å². The Morgan fingerprint density at radius 3 is 2.33 bits per heavy atom. The molecule has 0 amide bonds. The Morgan fingerprint density at radius 1 is 1.25 bits per heavy atom. The average molecular weight is 496 g/mol. The van der Waals surface area contributed by atoms with E-state index in [2.05, 4.69) is 73.8 Å². The van der Waals surface area contributed by atoms with Crippen LogP contribution in [0.25, 0.3) is 0 Å². The zero-order valence-corrected chi connectivity index (χ0v) is 12.2. The summed E-state index contributed by atoms with van der Waals surface area (Å²) in [6.07, 6.45) is 0. The molecule has 0 saturated heterocycles. The van der Waals surface area contributed by atoms with E-state index in [1.165, 1.54) is 0 Å². The molecule has 0 aromatic heterocycles. The summed E-state index contributed by atoms with van der Waals surface area (Å²) in [6, 6.07) is 4.05. The van der Waals surface area contributed by atoms with Gasteiger partial charge >= 0.3 is 0 Å². The minimum atomic E-state index is 0.675. The van der Waals surface area contributed by atoms with Crippen molar-refractivity contribution >= 4 is 73.5 Å². The number of nitriles is 1. The van der Waals surface area contributed by atoms with Gasteiger partial charge in [0.25, 0.3) is 0 Å². The van der Waals surface area contributed by atoms with Crippen LogP contribution >= 0.6 is 67.8 Å². The molecular formula is C7H3I3N2. The van der Waals surface area contributed by atoms with Gasteiger partial charge in [0.05, 0.1) is 14.8 Å². The van der Waals surface area contributed by atoms with E-state index >= 15 is 0 Å². The average Bonchev–Trinajstić information content (AvgIpc) is 2.01. The van der Waals surface area contributed by atoms with Crippen molar-refractivity contribution in [3.63, 3.8) is 0 Å². The zero-order chi connectivity index (χ0) is 9.30. The predicted molar refractivity (Wildman–Crippen MR) is 73.7 cm³/mol. The van der Waals surface area contributed by atoms with E-state index in [-0.39, 0.29) is 0 Å². The number of anilines is 1. The molecule has 1 aromatic carbocycles. The standard InChI is InChI=1S/C7H3I3N2/c8-4-1-5(9)7(12)6(10)3(4)2-11/h1H,12H2. The van der Waals surface area contributed by atoms with E-state index in [0.717, 1.165) is 10.7 Å². The largest absolute Gasteiger partial charge is 0.397 e. The predicted octanol–water partition coefficient (Wildman–Crippen LogP) is 2.95. The summed E-state index contributed by atoms with van der Waals surface area (Å²) in [5.74, 6) is 0. The molecule has 0 saturated carbocycles. The van der Waals surface area contributed by atoms with Gasteiger partial charge in [0.2, 0.25) is 0 Å². The van der Waals surface area contributed by atoms with E-state index in [1.54, 1.807) is 0 Å². The van der Waals surface area contributed by atoms with Crippen molar-refractivity contribution in [2.45, 2.75) is 0 Å². The number of nitrogen functional groups attached to an aromatic ring is 1. The molecule has 1 aromatic rings. The topological polar surface area (TPSA) is 49.8 Å². The highest BCUT2D eigenvalue weighted by Gasteiger charge is 2.10. The molecule has 0 spiro atoms. The molecule has 0 fully saturated rings. The number of hydrogen-bond donors (Lipinski definition) is 1. The quantitative estimate of drug-likeness (QED) is 0.444. The number of nitrogens with zero attached hydrogens (tertiary/aromatic N) is 1. The monoisotopic (exact) mass is 496 g/mol. The molecule has 62 valence electrons. The van der Waals surface area contributed by atoms with E-state index in [9.17, 15) is 0 Å². The highest BCUT2D eigenvalue weighted by atomic mass is 127. The van der Waals surface area contributed by atoms with Crippen LogP contribution in [-0.4, -0.2) is 0 Å². The van der Waals surface area contributed by atoms with Crippen molar-refractivity contribution in [3.8, 4) is 6.07 Å². The molecule has 2 N–H and O–H groups in total. The third kappa shape index (κ3) is 1.95. The number of rotatable bonds is 0. The zero-order valence-electron chi connectivity index (χ0n) is 5.74. The molecular weight excluding hydrogens is 493 g/mol. The highest BCUT2D eigenvalue weighted by Crippen LogP contribution is 2.28. The lowest BCUT2D eigenvalue weighted by atomic mass is 10.2. The van der Waals surface area contributed by atoms with Gasteiger partial charge in [0.1, 0.15) is 6.07 Å². The fraction of sp³-hybridized carbons (Fsp3) is 0. The summed E-state index contributed by atoms with van der Waals surface area (Å²) in [6.45, 7) is 0. The van der Waals surface area contributed by atoms with Crippen molar-refractivity contribution in [3.05, 3.63) is 22.3 Å². The lowest BCUT2D eigenvalue weighted by Gasteiger charge is -2.04. The Kier molecular flexibility index (Phi) is 3.84. The van der Waals surface area contributed by atoms with Crippen LogP contribution in [0.4, 0.5) is 5.69 Å². The van der Waals surface area contributed by atoms with Gasteiger partial charge in [-0.15, -0.1) is 0 Å². The van der Waals surface area contributed by atoms with Gasteiger partial charge in [-0.2, -0.15) is 5.26 Å². The van der Waals surface area contributed by atoms with Gasteiger partial charge in [0, 0.05) is 7.14 Å². The molecule has 0 unspecified atom stereocenters. The van der Waals surface area contributed by atoms with Crippen LogP contribution in [0.2, 0.25) is 0 Å². The van der Waals surface area contributed by atoms with Crippen molar-refractivity contribution in [1.82, 2.24) is 0 Å². The van der Waals surface area contributed by atoms with Gasteiger partial charge in [-0.05, 0) is 73.8 Å². The second-order valence-electron chi connectivity index (χ2n) is 2.05. The molecule has 5 heteroatoms. The molecule has 0 aliphatic carbocycles.